The molecule has 192 valence electrons. The normalized spacial score (nSPS) is 11.9. The first kappa shape index (κ1) is 26.1. The maximum atomic E-state index is 14.0. The van der Waals surface area contributed by atoms with Crippen LogP contribution in [0.2, 0.25) is 0 Å². The number of hydrogen-bond acceptors (Lipinski definition) is 5. The quantitative estimate of drug-likeness (QED) is 0.285. The van der Waals surface area contributed by atoms with Crippen LogP contribution in [0.15, 0.2) is 71.3 Å². The summed E-state index contributed by atoms with van der Waals surface area (Å²) in [6.07, 6.45) is -4.57. The molecule has 0 atom stereocenters. The number of alkyl halides is 3. The van der Waals surface area contributed by atoms with E-state index in [9.17, 15) is 18.0 Å². The fourth-order valence-corrected chi connectivity index (χ4v) is 4.07. The van der Waals surface area contributed by atoms with Crippen molar-refractivity contribution in [3.8, 4) is 34.0 Å². The van der Waals surface area contributed by atoms with Crippen molar-refractivity contribution in [3.63, 3.8) is 0 Å². The van der Waals surface area contributed by atoms with Gasteiger partial charge in [0.15, 0.2) is 0 Å². The molecular formula is C28H26F3N3O3. The van der Waals surface area contributed by atoms with Crippen molar-refractivity contribution < 1.29 is 27.6 Å². The van der Waals surface area contributed by atoms with Crippen molar-refractivity contribution in [1.29, 1.82) is 0 Å². The van der Waals surface area contributed by atoms with Gasteiger partial charge in [-0.25, -0.2) is 0 Å². The molecule has 3 aromatic carbocycles. The predicted octanol–water partition coefficient (Wildman–Crippen LogP) is 6.69. The molecule has 0 fully saturated rings. The molecule has 37 heavy (non-hydrogen) atoms. The van der Waals surface area contributed by atoms with Crippen LogP contribution in [0.1, 0.15) is 30.5 Å². The lowest BCUT2D eigenvalue weighted by Gasteiger charge is -2.24. The van der Waals surface area contributed by atoms with Crippen molar-refractivity contribution in [2.75, 3.05) is 6.54 Å². The highest BCUT2D eigenvalue weighted by Gasteiger charge is 2.34. The Balaban J connectivity index is 1.60. The molecule has 0 aliphatic heterocycles. The second kappa shape index (κ2) is 10.6. The number of nitrogens with zero attached hydrogens (tertiary/aromatic N) is 3. The monoisotopic (exact) mass is 509 g/mol. The number of carboxylic acids is 1. The van der Waals surface area contributed by atoms with Crippen molar-refractivity contribution in [2.24, 2.45) is 0 Å². The molecule has 1 heterocycles. The molecule has 0 aliphatic carbocycles. The summed E-state index contributed by atoms with van der Waals surface area (Å²) in [7, 11) is 0. The first-order valence-electron chi connectivity index (χ1n) is 11.7. The molecule has 0 bridgehead atoms. The lowest BCUT2D eigenvalue weighted by molar-refractivity contribution is -0.139. The summed E-state index contributed by atoms with van der Waals surface area (Å²) >= 11 is 0. The van der Waals surface area contributed by atoms with Gasteiger partial charge in [0.25, 0.3) is 5.89 Å². The number of hydrogen-bond donors (Lipinski definition) is 1. The maximum Gasteiger partial charge on any atom is 0.417 e. The van der Waals surface area contributed by atoms with Crippen molar-refractivity contribution in [3.05, 3.63) is 83.4 Å². The van der Waals surface area contributed by atoms with Crippen LogP contribution in [0, 0.1) is 6.92 Å². The summed E-state index contributed by atoms with van der Waals surface area (Å²) in [5.41, 5.74) is 2.25. The van der Waals surface area contributed by atoms with Gasteiger partial charge in [0, 0.05) is 23.7 Å². The van der Waals surface area contributed by atoms with E-state index in [1.54, 1.807) is 49.4 Å². The number of aryl methyl sites for hydroxylation is 1. The van der Waals surface area contributed by atoms with Gasteiger partial charge in [-0.2, -0.15) is 18.2 Å². The fraction of sp³-hybridized carbons (Fsp3) is 0.250. The van der Waals surface area contributed by atoms with Crippen LogP contribution >= 0.6 is 0 Å². The highest BCUT2D eigenvalue weighted by molar-refractivity contribution is 5.74. The Hall–Kier alpha value is -3.98. The number of carboxylic acid groups (broad SMARTS) is 1. The van der Waals surface area contributed by atoms with Gasteiger partial charge in [0.05, 0.1) is 12.1 Å². The van der Waals surface area contributed by atoms with E-state index in [0.717, 1.165) is 17.2 Å². The SMILES string of the molecule is Cc1ccccc1-c1ccc(-c2nc(-c3ccc(CN(CC(=O)O)C(C)C)cc3)no2)cc1C(F)(F)F. The highest BCUT2D eigenvalue weighted by atomic mass is 19.4. The number of halogens is 3. The molecular weight excluding hydrogens is 483 g/mol. The average molecular weight is 510 g/mol. The van der Waals surface area contributed by atoms with Crippen molar-refractivity contribution in [1.82, 2.24) is 15.0 Å². The summed E-state index contributed by atoms with van der Waals surface area (Å²) in [6.45, 7) is 6.00. The standard InChI is InChI=1S/C28H26F3N3O3/c1-17(2)34(16-25(35)36)15-19-8-10-20(11-9-19)26-32-27(37-33-26)21-12-13-23(24(14-21)28(29,30)31)22-7-5-4-6-18(22)3/h4-14,17H,15-16H2,1-3H3,(H,35,36). The topological polar surface area (TPSA) is 79.5 Å². The van der Waals surface area contributed by atoms with E-state index in [2.05, 4.69) is 10.1 Å². The van der Waals surface area contributed by atoms with Crippen molar-refractivity contribution in [2.45, 2.75) is 39.5 Å². The van der Waals surface area contributed by atoms with E-state index in [0.29, 0.717) is 17.7 Å². The van der Waals surface area contributed by atoms with Gasteiger partial charge in [-0.15, -0.1) is 0 Å². The summed E-state index contributed by atoms with van der Waals surface area (Å²) in [5.74, 6) is -0.678. The minimum atomic E-state index is -4.57. The molecule has 0 spiro atoms. The van der Waals surface area contributed by atoms with Gasteiger partial charge in [0.2, 0.25) is 5.82 Å². The zero-order valence-electron chi connectivity index (χ0n) is 20.6. The Morgan fingerprint density at radius 1 is 1.00 bits per heavy atom. The van der Waals surface area contributed by atoms with Gasteiger partial charge in [-0.1, -0.05) is 59.8 Å². The lowest BCUT2D eigenvalue weighted by Crippen LogP contribution is -2.35. The first-order chi connectivity index (χ1) is 17.5. The van der Waals surface area contributed by atoms with E-state index in [-0.39, 0.29) is 35.4 Å². The van der Waals surface area contributed by atoms with Gasteiger partial charge < -0.3 is 9.63 Å². The molecule has 0 amide bonds. The molecule has 9 heteroatoms. The molecule has 6 nitrogen and oxygen atoms in total. The van der Waals surface area contributed by atoms with Gasteiger partial charge in [-0.05, 0) is 55.2 Å². The average Bonchev–Trinajstić information content (AvgIpc) is 3.34. The molecule has 4 rings (SSSR count). The third-order valence-corrected chi connectivity index (χ3v) is 6.10. The molecule has 0 unspecified atom stereocenters. The molecule has 1 aromatic heterocycles. The number of benzene rings is 3. The Morgan fingerprint density at radius 2 is 1.68 bits per heavy atom. The lowest BCUT2D eigenvalue weighted by atomic mass is 9.94. The second-order valence-corrected chi connectivity index (χ2v) is 9.09. The van der Waals surface area contributed by atoms with E-state index in [4.69, 9.17) is 9.63 Å². The molecule has 0 aliphatic rings. The summed E-state index contributed by atoms with van der Waals surface area (Å²) < 4.78 is 47.2. The van der Waals surface area contributed by atoms with Gasteiger partial charge in [-0.3, -0.25) is 9.69 Å². The zero-order chi connectivity index (χ0) is 26.7. The van der Waals surface area contributed by atoms with Crippen LogP contribution < -0.4 is 0 Å². The number of aliphatic carboxylic acids is 1. The maximum absolute atomic E-state index is 14.0. The Morgan fingerprint density at radius 3 is 2.30 bits per heavy atom. The van der Waals surface area contributed by atoms with Crippen LogP contribution in [0.5, 0.6) is 0 Å². The summed E-state index contributed by atoms with van der Waals surface area (Å²) in [4.78, 5) is 17.3. The van der Waals surface area contributed by atoms with Crippen LogP contribution in [-0.2, 0) is 17.5 Å². The van der Waals surface area contributed by atoms with E-state index in [1.165, 1.54) is 6.07 Å². The fourth-order valence-electron chi connectivity index (χ4n) is 4.07. The third kappa shape index (κ3) is 6.06. The number of rotatable bonds is 8. The van der Waals surface area contributed by atoms with Gasteiger partial charge >= 0.3 is 12.1 Å². The second-order valence-electron chi connectivity index (χ2n) is 9.09. The van der Waals surface area contributed by atoms with Crippen LogP contribution in [-0.4, -0.2) is 38.7 Å². The third-order valence-electron chi connectivity index (χ3n) is 6.10. The highest BCUT2D eigenvalue weighted by Crippen LogP contribution is 2.40. The molecule has 1 N–H and O–H groups in total. The van der Waals surface area contributed by atoms with Gasteiger partial charge in [0.1, 0.15) is 0 Å². The first-order valence-corrected chi connectivity index (χ1v) is 11.7. The number of aromatic nitrogens is 2. The zero-order valence-corrected chi connectivity index (χ0v) is 20.6. The smallest absolute Gasteiger partial charge is 0.417 e. The Labute approximate surface area is 212 Å². The number of carbonyl (C=O) groups is 1. The minimum Gasteiger partial charge on any atom is -0.480 e. The Kier molecular flexibility index (Phi) is 7.45. The summed E-state index contributed by atoms with van der Waals surface area (Å²) in [6, 6.07) is 18.2. The van der Waals surface area contributed by atoms with Crippen LogP contribution in [0.4, 0.5) is 13.2 Å². The molecule has 4 aromatic rings. The molecule has 0 radical (unpaired) electrons. The minimum absolute atomic E-state index is 0.0200. The Bertz CT molecular complexity index is 1400. The molecule has 0 saturated heterocycles. The van der Waals surface area contributed by atoms with E-state index in [1.807, 2.05) is 30.9 Å². The molecule has 0 saturated carbocycles. The van der Waals surface area contributed by atoms with E-state index < -0.39 is 17.7 Å². The summed E-state index contributed by atoms with van der Waals surface area (Å²) in [5, 5.41) is 13.1. The van der Waals surface area contributed by atoms with Crippen LogP contribution in [0.3, 0.4) is 0 Å². The largest absolute Gasteiger partial charge is 0.480 e. The van der Waals surface area contributed by atoms with E-state index >= 15 is 0 Å². The van der Waals surface area contributed by atoms with Crippen LogP contribution in [0.25, 0.3) is 34.0 Å². The predicted molar refractivity (Wildman–Crippen MR) is 134 cm³/mol. The van der Waals surface area contributed by atoms with Crippen molar-refractivity contribution >= 4 is 5.97 Å².